The van der Waals surface area contributed by atoms with E-state index in [1.165, 1.54) is 12.1 Å². The number of halogens is 1. The molecule has 0 aliphatic rings. The zero-order valence-electron chi connectivity index (χ0n) is 13.7. The number of rotatable bonds is 4. The number of nitrogens with one attached hydrogen (secondary N) is 2. The van der Waals surface area contributed by atoms with Gasteiger partial charge in [0.2, 0.25) is 5.95 Å². The summed E-state index contributed by atoms with van der Waals surface area (Å²) in [7, 11) is 0. The predicted octanol–water partition coefficient (Wildman–Crippen LogP) is 3.29. The number of benzene rings is 2. The molecule has 4 rings (SSSR count). The van der Waals surface area contributed by atoms with E-state index in [0.717, 1.165) is 11.1 Å². The van der Waals surface area contributed by atoms with Crippen LogP contribution in [-0.2, 0) is 0 Å². The van der Waals surface area contributed by atoms with Crippen molar-refractivity contribution in [3.8, 4) is 11.3 Å². The number of fused-ring (bicyclic) bond motifs is 1. The molecule has 0 saturated heterocycles. The molecule has 0 bridgehead atoms. The summed E-state index contributed by atoms with van der Waals surface area (Å²) in [6.45, 7) is 1.92. The summed E-state index contributed by atoms with van der Waals surface area (Å²) in [5, 5.41) is 11.4. The number of H-pyrrole nitrogens is 1. The molecule has 7 nitrogen and oxygen atoms in total. The van der Waals surface area contributed by atoms with Crippen LogP contribution in [0.25, 0.3) is 22.4 Å². The molecular formula is C18H14FN5O2. The van der Waals surface area contributed by atoms with Gasteiger partial charge in [-0.2, -0.15) is 0 Å². The molecule has 0 unspecified atom stereocenters. The van der Waals surface area contributed by atoms with Gasteiger partial charge in [-0.3, -0.25) is 4.98 Å². The minimum absolute atomic E-state index is 0.101. The molecule has 0 saturated carbocycles. The van der Waals surface area contributed by atoms with Gasteiger partial charge in [-0.05, 0) is 42.8 Å². The van der Waals surface area contributed by atoms with E-state index >= 15 is 0 Å². The molecule has 0 spiro atoms. The molecule has 0 aliphatic carbocycles. The third-order valence-corrected chi connectivity index (χ3v) is 3.99. The normalized spacial score (nSPS) is 12.2. The van der Waals surface area contributed by atoms with E-state index in [9.17, 15) is 9.18 Å². The molecule has 0 aliphatic heterocycles. The van der Waals surface area contributed by atoms with E-state index in [-0.39, 0.29) is 11.9 Å². The van der Waals surface area contributed by atoms with Crippen LogP contribution in [0.15, 0.2) is 57.9 Å². The van der Waals surface area contributed by atoms with E-state index < -0.39 is 5.76 Å². The topological polar surface area (TPSA) is 96.7 Å². The fourth-order valence-corrected chi connectivity index (χ4v) is 2.61. The zero-order valence-corrected chi connectivity index (χ0v) is 13.7. The van der Waals surface area contributed by atoms with Crippen LogP contribution in [-0.4, -0.2) is 20.2 Å². The first-order valence-corrected chi connectivity index (χ1v) is 7.93. The van der Waals surface area contributed by atoms with Crippen molar-refractivity contribution in [3.63, 3.8) is 0 Å². The van der Waals surface area contributed by atoms with E-state index in [2.05, 4.69) is 25.5 Å². The summed E-state index contributed by atoms with van der Waals surface area (Å²) < 4.78 is 18.0. The summed E-state index contributed by atoms with van der Waals surface area (Å²) in [4.78, 5) is 18.1. The summed E-state index contributed by atoms with van der Waals surface area (Å²) >= 11 is 0. The lowest BCUT2D eigenvalue weighted by Gasteiger charge is -2.13. The minimum atomic E-state index is -0.504. The highest BCUT2D eigenvalue weighted by Gasteiger charge is 2.09. The van der Waals surface area contributed by atoms with Crippen LogP contribution in [0, 0.1) is 5.82 Å². The number of hydrogen-bond donors (Lipinski definition) is 2. The van der Waals surface area contributed by atoms with Crippen molar-refractivity contribution in [1.29, 1.82) is 0 Å². The number of aromatic amines is 1. The lowest BCUT2D eigenvalue weighted by Crippen LogP contribution is -2.10. The van der Waals surface area contributed by atoms with Gasteiger partial charge in [0.25, 0.3) is 0 Å². The van der Waals surface area contributed by atoms with Crippen LogP contribution in [0.1, 0.15) is 18.5 Å². The number of hydrogen-bond acceptors (Lipinski definition) is 6. The van der Waals surface area contributed by atoms with Crippen LogP contribution in [0.2, 0.25) is 0 Å². The average molecular weight is 351 g/mol. The summed E-state index contributed by atoms with van der Waals surface area (Å²) in [5.41, 5.74) is 3.29. The fraction of sp³-hybridized carbons (Fsp3) is 0.111. The molecule has 0 radical (unpaired) electrons. The Balaban J connectivity index is 1.53. The van der Waals surface area contributed by atoms with Gasteiger partial charge in [0.1, 0.15) is 11.5 Å². The number of nitrogens with zero attached hydrogens (tertiary/aromatic N) is 3. The standard InChI is InChI=1S/C18H14FN5O2/c1-10(11-2-5-13(19)6-3-11)21-17-20-9-15(23-24-17)12-4-7-16-14(8-12)22-18(25)26-16/h2-10H,1H3,(H,22,25)(H,20,21,24)/t10-/m1/s1. The summed E-state index contributed by atoms with van der Waals surface area (Å²) in [6.07, 6.45) is 1.59. The lowest BCUT2D eigenvalue weighted by atomic mass is 10.1. The van der Waals surface area contributed by atoms with Gasteiger partial charge in [0, 0.05) is 5.56 Å². The van der Waals surface area contributed by atoms with Crippen LogP contribution in [0.4, 0.5) is 10.3 Å². The summed E-state index contributed by atoms with van der Waals surface area (Å²) in [5.74, 6) is -0.418. The van der Waals surface area contributed by atoms with Crippen molar-refractivity contribution in [1.82, 2.24) is 20.2 Å². The van der Waals surface area contributed by atoms with Crippen LogP contribution in [0.3, 0.4) is 0 Å². The predicted molar refractivity (Wildman–Crippen MR) is 94.1 cm³/mol. The minimum Gasteiger partial charge on any atom is -0.408 e. The largest absolute Gasteiger partial charge is 0.417 e. The first-order chi connectivity index (χ1) is 12.6. The first-order valence-electron chi connectivity index (χ1n) is 7.93. The van der Waals surface area contributed by atoms with E-state index in [0.29, 0.717) is 22.7 Å². The van der Waals surface area contributed by atoms with Gasteiger partial charge in [0.05, 0.1) is 17.8 Å². The molecule has 26 heavy (non-hydrogen) atoms. The number of anilines is 1. The Hall–Kier alpha value is -3.55. The number of aromatic nitrogens is 4. The lowest BCUT2D eigenvalue weighted by molar-refractivity contribution is 0.555. The van der Waals surface area contributed by atoms with E-state index in [4.69, 9.17) is 4.42 Å². The molecule has 4 aromatic rings. The van der Waals surface area contributed by atoms with Gasteiger partial charge >= 0.3 is 5.76 Å². The maximum Gasteiger partial charge on any atom is 0.417 e. The Morgan fingerprint density at radius 2 is 1.96 bits per heavy atom. The highest BCUT2D eigenvalue weighted by molar-refractivity contribution is 5.78. The Labute approximate surface area is 146 Å². The summed E-state index contributed by atoms with van der Waals surface area (Å²) in [6, 6.07) is 11.3. The molecule has 1 atom stereocenters. The first kappa shape index (κ1) is 15.9. The fourth-order valence-electron chi connectivity index (χ4n) is 2.61. The molecule has 2 aromatic heterocycles. The SMILES string of the molecule is C[C@@H](Nc1ncc(-c2ccc3oc(=O)[nH]c3c2)nn1)c1ccc(F)cc1. The van der Waals surface area contributed by atoms with Crippen molar-refractivity contribution in [2.24, 2.45) is 0 Å². The van der Waals surface area contributed by atoms with Gasteiger partial charge in [-0.25, -0.2) is 14.2 Å². The van der Waals surface area contributed by atoms with Gasteiger partial charge < -0.3 is 9.73 Å². The molecule has 130 valence electrons. The molecule has 2 heterocycles. The Morgan fingerprint density at radius 3 is 2.69 bits per heavy atom. The highest BCUT2D eigenvalue weighted by Crippen LogP contribution is 2.21. The van der Waals surface area contributed by atoms with Crippen molar-refractivity contribution >= 4 is 17.0 Å². The van der Waals surface area contributed by atoms with Gasteiger partial charge in [-0.1, -0.05) is 12.1 Å². The smallest absolute Gasteiger partial charge is 0.408 e. The van der Waals surface area contributed by atoms with Crippen molar-refractivity contribution in [2.45, 2.75) is 13.0 Å². The monoisotopic (exact) mass is 351 g/mol. The second-order valence-electron chi connectivity index (χ2n) is 5.81. The quantitative estimate of drug-likeness (QED) is 0.586. The molecule has 0 fully saturated rings. The second kappa shape index (κ2) is 6.40. The Kier molecular flexibility index (Phi) is 3.92. The van der Waals surface area contributed by atoms with E-state index in [1.54, 1.807) is 36.5 Å². The van der Waals surface area contributed by atoms with Crippen molar-refractivity contribution in [2.75, 3.05) is 5.32 Å². The van der Waals surface area contributed by atoms with Gasteiger partial charge in [0.15, 0.2) is 5.58 Å². The maximum absolute atomic E-state index is 13.0. The average Bonchev–Trinajstić information content (AvgIpc) is 3.02. The molecule has 0 amide bonds. The third kappa shape index (κ3) is 3.16. The van der Waals surface area contributed by atoms with Crippen LogP contribution < -0.4 is 11.1 Å². The zero-order chi connectivity index (χ0) is 18.1. The van der Waals surface area contributed by atoms with E-state index in [1.807, 2.05) is 6.92 Å². The maximum atomic E-state index is 13.0. The number of oxazole rings is 1. The second-order valence-corrected chi connectivity index (χ2v) is 5.81. The van der Waals surface area contributed by atoms with Crippen molar-refractivity contribution in [3.05, 3.63) is 70.6 Å². The Morgan fingerprint density at radius 1 is 1.15 bits per heavy atom. The molecule has 8 heteroatoms. The van der Waals surface area contributed by atoms with Crippen LogP contribution in [0.5, 0.6) is 0 Å². The molecule has 2 N–H and O–H groups in total. The highest BCUT2D eigenvalue weighted by atomic mass is 19.1. The molecule has 2 aromatic carbocycles. The van der Waals surface area contributed by atoms with Gasteiger partial charge in [-0.15, -0.1) is 10.2 Å². The Bertz CT molecular complexity index is 1100. The van der Waals surface area contributed by atoms with Crippen LogP contribution >= 0.6 is 0 Å². The molecular weight excluding hydrogens is 337 g/mol. The van der Waals surface area contributed by atoms with Crippen molar-refractivity contribution < 1.29 is 8.81 Å². The third-order valence-electron chi connectivity index (χ3n) is 3.99.